The molecule has 0 aliphatic heterocycles. The lowest BCUT2D eigenvalue weighted by Gasteiger charge is -2.31. The van der Waals surface area contributed by atoms with Crippen molar-refractivity contribution in [1.82, 2.24) is 4.98 Å². The normalized spacial score (nSPS) is 13.4. The van der Waals surface area contributed by atoms with E-state index < -0.39 is 12.0 Å². The van der Waals surface area contributed by atoms with E-state index in [1.807, 2.05) is 6.07 Å². The van der Waals surface area contributed by atoms with Crippen LogP contribution in [0.5, 0.6) is 28.7 Å². The van der Waals surface area contributed by atoms with Crippen LogP contribution < -0.4 is 15.2 Å². The van der Waals surface area contributed by atoms with Gasteiger partial charge in [0.15, 0.2) is 23.0 Å². The molecule has 0 aliphatic rings. The number of aliphatic hydroxyl groups excluding tert-OH is 1. The van der Waals surface area contributed by atoms with Gasteiger partial charge in [-0.2, -0.15) is 0 Å². The maximum Gasteiger partial charge on any atom is 0.200 e. The third-order valence-electron chi connectivity index (χ3n) is 7.28. The number of nitrogens with two attached hydrogens (primary N) is 1. The van der Waals surface area contributed by atoms with E-state index in [1.54, 1.807) is 37.6 Å². The van der Waals surface area contributed by atoms with E-state index in [0.717, 1.165) is 11.1 Å². The maximum atomic E-state index is 13.9. The number of carbonyl (C=O) groups excluding carboxylic acids is 1. The highest BCUT2D eigenvalue weighted by Gasteiger charge is 2.35. The summed E-state index contributed by atoms with van der Waals surface area (Å²) in [6, 6.07) is 11.5. The highest BCUT2D eigenvalue weighted by Crippen LogP contribution is 2.38. The van der Waals surface area contributed by atoms with Gasteiger partial charge in [0.05, 0.1) is 26.2 Å². The molecule has 3 aromatic rings. The average molecular weight is 569 g/mol. The summed E-state index contributed by atoms with van der Waals surface area (Å²) in [6.07, 6.45) is 2.94. The summed E-state index contributed by atoms with van der Waals surface area (Å²) in [6.45, 7) is 0.494. The molecule has 0 amide bonds. The number of aryl methyl sites for hydroxylation is 2. The van der Waals surface area contributed by atoms with Crippen LogP contribution in [0.1, 0.15) is 48.3 Å². The smallest absolute Gasteiger partial charge is 0.200 e. The summed E-state index contributed by atoms with van der Waals surface area (Å²) in [4.78, 5) is 18.0. The molecule has 2 aromatic carbocycles. The lowest BCUT2D eigenvalue weighted by atomic mass is 9.75. The number of carbonyl (C=O) groups is 1. The lowest BCUT2D eigenvalue weighted by Crippen LogP contribution is -2.35. The number of ketones is 1. The monoisotopic (exact) mass is 568 g/mol. The molecule has 10 nitrogen and oxygen atoms in total. The standard InChI is InChI=1S/C31H40N2O8/c1-39-14-4-5-22(21-12-13-33-29(32)18-21)30(24(35)10-7-19-6-9-23(34)27(16-19)40-2)25(36)11-8-20-15-26(37)31(38)28(17-20)41-3/h6,9,12-13,15-18,22,24,30,34-35,37-38H,4-5,7-8,10-11,14H2,1-3H3,(H2,32,33). The van der Waals surface area contributed by atoms with Gasteiger partial charge in [0, 0.05) is 26.3 Å². The predicted octanol–water partition coefficient (Wildman–Crippen LogP) is 4.12. The molecule has 1 aromatic heterocycles. The maximum absolute atomic E-state index is 13.9. The number of Topliss-reactive ketones (excluding diaryl/α,β-unsaturated/α-hetero) is 1. The molecule has 222 valence electrons. The Kier molecular flexibility index (Phi) is 11.6. The van der Waals surface area contributed by atoms with Gasteiger partial charge >= 0.3 is 0 Å². The first-order chi connectivity index (χ1) is 19.7. The van der Waals surface area contributed by atoms with E-state index in [1.165, 1.54) is 26.4 Å². The molecule has 10 heteroatoms. The van der Waals surface area contributed by atoms with Crippen LogP contribution in [-0.2, 0) is 22.4 Å². The molecular formula is C31H40N2O8. The van der Waals surface area contributed by atoms with Crippen LogP contribution in [-0.4, -0.2) is 65.2 Å². The van der Waals surface area contributed by atoms with Crippen molar-refractivity contribution in [2.45, 2.75) is 50.5 Å². The van der Waals surface area contributed by atoms with Crippen molar-refractivity contribution in [2.24, 2.45) is 5.92 Å². The number of nitrogen functional groups attached to an aromatic ring is 1. The second-order valence-electron chi connectivity index (χ2n) is 10.0. The fraction of sp³-hybridized carbons (Fsp3) is 0.419. The first-order valence-electron chi connectivity index (χ1n) is 13.5. The molecule has 1 heterocycles. The summed E-state index contributed by atoms with van der Waals surface area (Å²) in [5.74, 6) is -1.17. The molecule has 0 aliphatic carbocycles. The third-order valence-corrected chi connectivity index (χ3v) is 7.28. The molecule has 6 N–H and O–H groups in total. The SMILES string of the molecule is COCCCC(c1ccnc(N)c1)C(C(=O)CCc1cc(O)c(O)c(OC)c1)C(O)CCc1ccc(O)c(OC)c1. The molecule has 0 bridgehead atoms. The highest BCUT2D eigenvalue weighted by molar-refractivity contribution is 5.83. The largest absolute Gasteiger partial charge is 0.504 e. The number of aromatic hydroxyl groups is 3. The number of rotatable bonds is 16. The van der Waals surface area contributed by atoms with Gasteiger partial charge in [-0.05, 0) is 91.1 Å². The summed E-state index contributed by atoms with van der Waals surface area (Å²) in [7, 11) is 4.46. The van der Waals surface area contributed by atoms with E-state index in [0.29, 0.717) is 49.4 Å². The number of aromatic nitrogens is 1. The zero-order chi connectivity index (χ0) is 29.9. The van der Waals surface area contributed by atoms with Gasteiger partial charge < -0.3 is 40.4 Å². The first kappa shape index (κ1) is 31.5. The molecule has 0 saturated heterocycles. The van der Waals surface area contributed by atoms with Crippen molar-refractivity contribution in [3.05, 3.63) is 65.4 Å². The Morgan fingerprint density at radius 2 is 1.63 bits per heavy atom. The number of pyridine rings is 1. The van der Waals surface area contributed by atoms with E-state index in [2.05, 4.69) is 4.98 Å². The number of benzene rings is 2. The van der Waals surface area contributed by atoms with Crippen molar-refractivity contribution in [2.75, 3.05) is 33.7 Å². The molecule has 0 fully saturated rings. The summed E-state index contributed by atoms with van der Waals surface area (Å²) in [5, 5.41) is 41.5. The van der Waals surface area contributed by atoms with E-state index in [-0.39, 0.29) is 47.5 Å². The third kappa shape index (κ3) is 8.48. The lowest BCUT2D eigenvalue weighted by molar-refractivity contribution is -0.127. The number of aliphatic hydroxyl groups is 1. The summed E-state index contributed by atoms with van der Waals surface area (Å²) in [5.41, 5.74) is 8.26. The minimum absolute atomic E-state index is 0.0234. The second kappa shape index (κ2) is 15.1. The number of hydrogen-bond acceptors (Lipinski definition) is 10. The quantitative estimate of drug-likeness (QED) is 0.125. The second-order valence-corrected chi connectivity index (χ2v) is 10.0. The highest BCUT2D eigenvalue weighted by atomic mass is 16.5. The first-order valence-corrected chi connectivity index (χ1v) is 13.5. The zero-order valence-electron chi connectivity index (χ0n) is 23.7. The Hall–Kier alpha value is -4.02. The van der Waals surface area contributed by atoms with Crippen LogP contribution in [0.2, 0.25) is 0 Å². The van der Waals surface area contributed by atoms with Crippen molar-refractivity contribution in [1.29, 1.82) is 0 Å². The number of phenols is 3. The van der Waals surface area contributed by atoms with Gasteiger partial charge in [0.2, 0.25) is 5.75 Å². The van der Waals surface area contributed by atoms with Gasteiger partial charge in [0.25, 0.3) is 0 Å². The molecule has 0 saturated carbocycles. The number of nitrogens with zero attached hydrogens (tertiary/aromatic N) is 1. The summed E-state index contributed by atoms with van der Waals surface area (Å²) >= 11 is 0. The fourth-order valence-corrected chi connectivity index (χ4v) is 5.16. The van der Waals surface area contributed by atoms with Gasteiger partial charge in [-0.25, -0.2) is 4.98 Å². The van der Waals surface area contributed by atoms with Crippen LogP contribution in [0.3, 0.4) is 0 Å². The Bertz CT molecular complexity index is 1300. The Morgan fingerprint density at radius 3 is 2.32 bits per heavy atom. The van der Waals surface area contributed by atoms with Crippen LogP contribution in [0.15, 0.2) is 48.7 Å². The van der Waals surface area contributed by atoms with Crippen LogP contribution in [0, 0.1) is 5.92 Å². The molecule has 41 heavy (non-hydrogen) atoms. The molecule has 0 radical (unpaired) electrons. The summed E-state index contributed by atoms with van der Waals surface area (Å²) < 4.78 is 15.6. The minimum atomic E-state index is -0.994. The molecular weight excluding hydrogens is 528 g/mol. The molecule has 3 unspecified atom stereocenters. The number of anilines is 1. The average Bonchev–Trinajstić information content (AvgIpc) is 2.96. The van der Waals surface area contributed by atoms with Crippen molar-refractivity contribution < 1.29 is 39.4 Å². The molecule has 3 atom stereocenters. The van der Waals surface area contributed by atoms with Gasteiger partial charge in [-0.15, -0.1) is 0 Å². The number of methoxy groups -OCH3 is 3. The van der Waals surface area contributed by atoms with Gasteiger partial charge in [-0.1, -0.05) is 6.07 Å². The van der Waals surface area contributed by atoms with Crippen molar-refractivity contribution >= 4 is 11.6 Å². The van der Waals surface area contributed by atoms with Crippen LogP contribution in [0.4, 0.5) is 5.82 Å². The van der Waals surface area contributed by atoms with Crippen molar-refractivity contribution in [3.8, 4) is 28.7 Å². The van der Waals surface area contributed by atoms with E-state index >= 15 is 0 Å². The van der Waals surface area contributed by atoms with Crippen molar-refractivity contribution in [3.63, 3.8) is 0 Å². The number of phenolic OH excluding ortho intramolecular Hbond substituents is 3. The topological polar surface area (TPSA) is 165 Å². The Labute approximate surface area is 240 Å². The predicted molar refractivity (Wildman–Crippen MR) is 155 cm³/mol. The number of ether oxygens (including phenoxy) is 3. The zero-order valence-corrected chi connectivity index (χ0v) is 23.7. The van der Waals surface area contributed by atoms with E-state index in [9.17, 15) is 25.2 Å². The minimum Gasteiger partial charge on any atom is -0.504 e. The Balaban J connectivity index is 1.90. The molecule has 3 rings (SSSR count). The fourth-order valence-electron chi connectivity index (χ4n) is 5.16. The Morgan fingerprint density at radius 1 is 0.902 bits per heavy atom. The van der Waals surface area contributed by atoms with Crippen LogP contribution >= 0.6 is 0 Å². The van der Waals surface area contributed by atoms with E-state index in [4.69, 9.17) is 19.9 Å². The van der Waals surface area contributed by atoms with Crippen LogP contribution in [0.25, 0.3) is 0 Å². The van der Waals surface area contributed by atoms with Gasteiger partial charge in [0.1, 0.15) is 11.6 Å². The molecule has 0 spiro atoms. The number of hydrogen-bond donors (Lipinski definition) is 5. The van der Waals surface area contributed by atoms with Gasteiger partial charge in [-0.3, -0.25) is 4.79 Å².